The molecule has 2 N–H and O–H groups in total. The van der Waals surface area contributed by atoms with Gasteiger partial charge in [0.05, 0.1) is 15.9 Å². The standard InChI is InChI=1S/C25H22N4O3S2/c30-23(18-33-24(19-8-3-1-4-9-19)20-10-5-2-6-11-20)28-21-12-14-22(15-13-21)34(31,32)29-25-26-16-7-17-27-25/h1-17,24H,18H2,(H,28,30)(H,26,27,29). The molecule has 1 heterocycles. The molecule has 0 fully saturated rings. The summed E-state index contributed by atoms with van der Waals surface area (Å²) in [6, 6.07) is 27.6. The Morgan fingerprint density at radius 1 is 0.794 bits per heavy atom. The molecule has 4 aromatic rings. The first-order chi connectivity index (χ1) is 16.5. The molecule has 0 atom stereocenters. The molecule has 4 rings (SSSR count). The molecule has 0 radical (unpaired) electrons. The molecule has 0 unspecified atom stereocenters. The van der Waals surface area contributed by atoms with E-state index in [1.165, 1.54) is 36.3 Å². The minimum absolute atomic E-state index is 0.0108. The van der Waals surface area contributed by atoms with Crippen LogP contribution in [0.5, 0.6) is 0 Å². The quantitative estimate of drug-likeness (QED) is 0.352. The monoisotopic (exact) mass is 490 g/mol. The van der Waals surface area contributed by atoms with E-state index in [2.05, 4.69) is 44.3 Å². The van der Waals surface area contributed by atoms with E-state index in [0.29, 0.717) is 5.69 Å². The number of carbonyl (C=O) groups is 1. The largest absolute Gasteiger partial charge is 0.325 e. The van der Waals surface area contributed by atoms with Crippen LogP contribution in [0.25, 0.3) is 0 Å². The summed E-state index contributed by atoms with van der Waals surface area (Å²) >= 11 is 1.53. The van der Waals surface area contributed by atoms with Gasteiger partial charge in [0, 0.05) is 18.1 Å². The van der Waals surface area contributed by atoms with Crippen LogP contribution in [0.15, 0.2) is 108 Å². The molecular formula is C25H22N4O3S2. The Labute approximate surface area is 202 Å². The lowest BCUT2D eigenvalue weighted by Gasteiger charge is -2.17. The third kappa shape index (κ3) is 6.21. The molecule has 1 aromatic heterocycles. The molecule has 0 aliphatic rings. The smallest absolute Gasteiger partial charge is 0.264 e. The zero-order chi connectivity index (χ0) is 23.8. The number of carbonyl (C=O) groups excluding carboxylic acids is 1. The molecule has 0 aliphatic carbocycles. The Hall–Kier alpha value is -3.69. The molecule has 3 aromatic carbocycles. The van der Waals surface area contributed by atoms with Gasteiger partial charge >= 0.3 is 0 Å². The van der Waals surface area contributed by atoms with Crippen molar-refractivity contribution in [2.75, 3.05) is 15.8 Å². The number of nitrogens with zero attached hydrogens (tertiary/aromatic N) is 2. The third-order valence-electron chi connectivity index (χ3n) is 4.83. The Morgan fingerprint density at radius 3 is 1.91 bits per heavy atom. The second-order valence-electron chi connectivity index (χ2n) is 7.26. The van der Waals surface area contributed by atoms with Crippen molar-refractivity contribution in [1.82, 2.24) is 9.97 Å². The lowest BCUT2D eigenvalue weighted by Crippen LogP contribution is -2.16. The van der Waals surface area contributed by atoms with Gasteiger partial charge in [-0.2, -0.15) is 0 Å². The minimum atomic E-state index is -3.83. The topological polar surface area (TPSA) is 101 Å². The number of nitrogens with one attached hydrogen (secondary N) is 2. The number of sulfonamides is 1. The average Bonchev–Trinajstić information content (AvgIpc) is 2.86. The van der Waals surface area contributed by atoms with Crippen molar-refractivity contribution in [1.29, 1.82) is 0 Å². The number of thioether (sulfide) groups is 1. The van der Waals surface area contributed by atoms with E-state index in [1.54, 1.807) is 18.2 Å². The molecule has 9 heteroatoms. The summed E-state index contributed by atoms with van der Waals surface area (Å²) in [5, 5.41) is 2.85. The van der Waals surface area contributed by atoms with Crippen molar-refractivity contribution in [3.05, 3.63) is 115 Å². The molecular weight excluding hydrogens is 468 g/mol. The fraction of sp³-hybridized carbons (Fsp3) is 0.0800. The number of aromatic nitrogens is 2. The number of anilines is 2. The van der Waals surface area contributed by atoms with Crippen LogP contribution in [-0.2, 0) is 14.8 Å². The first-order valence-corrected chi connectivity index (χ1v) is 13.0. The fourth-order valence-electron chi connectivity index (χ4n) is 3.24. The van der Waals surface area contributed by atoms with Crippen molar-refractivity contribution in [3.63, 3.8) is 0 Å². The summed E-state index contributed by atoms with van der Waals surface area (Å²) in [5.74, 6) is 0.0538. The Kier molecular flexibility index (Phi) is 7.56. The summed E-state index contributed by atoms with van der Waals surface area (Å²) in [7, 11) is -3.83. The van der Waals surface area contributed by atoms with Crippen LogP contribution in [0.4, 0.5) is 11.6 Å². The highest BCUT2D eigenvalue weighted by Gasteiger charge is 2.18. The van der Waals surface area contributed by atoms with E-state index in [0.717, 1.165) is 11.1 Å². The highest BCUT2D eigenvalue weighted by atomic mass is 32.2. The summed E-state index contributed by atoms with van der Waals surface area (Å²) in [6.45, 7) is 0. The first-order valence-electron chi connectivity index (χ1n) is 10.4. The van der Waals surface area contributed by atoms with E-state index >= 15 is 0 Å². The summed E-state index contributed by atoms with van der Waals surface area (Å²) in [6.07, 6.45) is 2.89. The van der Waals surface area contributed by atoms with Crippen molar-refractivity contribution in [2.24, 2.45) is 0 Å². The third-order valence-corrected chi connectivity index (χ3v) is 7.48. The van der Waals surface area contributed by atoms with Gasteiger partial charge in [0.15, 0.2) is 0 Å². The van der Waals surface area contributed by atoms with Crippen molar-refractivity contribution in [3.8, 4) is 0 Å². The highest BCUT2D eigenvalue weighted by molar-refractivity contribution is 8.00. The Bertz CT molecular complexity index is 1280. The molecule has 0 saturated carbocycles. The molecule has 7 nitrogen and oxygen atoms in total. The van der Waals surface area contributed by atoms with Gasteiger partial charge in [-0.3, -0.25) is 4.79 Å². The van der Waals surface area contributed by atoms with E-state index in [1.807, 2.05) is 36.4 Å². The van der Waals surface area contributed by atoms with Gasteiger partial charge in [-0.05, 0) is 41.5 Å². The van der Waals surface area contributed by atoms with Crippen LogP contribution in [0.1, 0.15) is 16.4 Å². The summed E-state index contributed by atoms with van der Waals surface area (Å²) in [4.78, 5) is 20.4. The second kappa shape index (κ2) is 11.0. The maximum atomic E-state index is 12.6. The predicted molar refractivity (Wildman–Crippen MR) is 135 cm³/mol. The summed E-state index contributed by atoms with van der Waals surface area (Å²) < 4.78 is 27.3. The van der Waals surface area contributed by atoms with Crippen LogP contribution >= 0.6 is 11.8 Å². The van der Waals surface area contributed by atoms with E-state index in [-0.39, 0.29) is 27.8 Å². The normalized spacial score (nSPS) is 11.2. The highest BCUT2D eigenvalue weighted by Crippen LogP contribution is 2.35. The van der Waals surface area contributed by atoms with Gasteiger partial charge in [0.25, 0.3) is 10.0 Å². The maximum Gasteiger partial charge on any atom is 0.264 e. The van der Waals surface area contributed by atoms with Crippen LogP contribution in [0, 0.1) is 0 Å². The van der Waals surface area contributed by atoms with Gasteiger partial charge < -0.3 is 5.32 Å². The molecule has 0 aliphatic heterocycles. The van der Waals surface area contributed by atoms with Crippen molar-refractivity contribution < 1.29 is 13.2 Å². The average molecular weight is 491 g/mol. The number of hydrogen-bond acceptors (Lipinski definition) is 6. The summed E-state index contributed by atoms with van der Waals surface area (Å²) in [5.41, 5.74) is 2.75. The van der Waals surface area contributed by atoms with E-state index in [4.69, 9.17) is 0 Å². The molecule has 0 spiro atoms. The van der Waals surface area contributed by atoms with Gasteiger partial charge in [-0.25, -0.2) is 23.1 Å². The van der Waals surface area contributed by atoms with Gasteiger partial charge in [0.1, 0.15) is 0 Å². The lowest BCUT2D eigenvalue weighted by molar-refractivity contribution is -0.113. The fourth-order valence-corrected chi connectivity index (χ4v) is 5.29. The Balaban J connectivity index is 1.39. The second-order valence-corrected chi connectivity index (χ2v) is 10.0. The molecule has 0 saturated heterocycles. The molecule has 0 bridgehead atoms. The zero-order valence-corrected chi connectivity index (χ0v) is 19.7. The molecule has 34 heavy (non-hydrogen) atoms. The Morgan fingerprint density at radius 2 is 1.35 bits per heavy atom. The van der Waals surface area contributed by atoms with E-state index < -0.39 is 10.0 Å². The van der Waals surface area contributed by atoms with Crippen LogP contribution < -0.4 is 10.0 Å². The maximum absolute atomic E-state index is 12.6. The van der Waals surface area contributed by atoms with Gasteiger partial charge in [-0.1, -0.05) is 60.7 Å². The number of amides is 1. The number of benzene rings is 3. The van der Waals surface area contributed by atoms with Gasteiger partial charge in [0.2, 0.25) is 11.9 Å². The lowest BCUT2D eigenvalue weighted by atomic mass is 10.0. The molecule has 1 amide bonds. The van der Waals surface area contributed by atoms with E-state index in [9.17, 15) is 13.2 Å². The van der Waals surface area contributed by atoms with Crippen LogP contribution in [0.2, 0.25) is 0 Å². The van der Waals surface area contributed by atoms with Crippen molar-refractivity contribution in [2.45, 2.75) is 10.1 Å². The molecule has 172 valence electrons. The predicted octanol–water partition coefficient (Wildman–Crippen LogP) is 4.74. The van der Waals surface area contributed by atoms with Crippen LogP contribution in [0.3, 0.4) is 0 Å². The zero-order valence-electron chi connectivity index (χ0n) is 18.0. The van der Waals surface area contributed by atoms with Crippen LogP contribution in [-0.4, -0.2) is 30.0 Å². The first kappa shape index (κ1) is 23.5. The number of hydrogen-bond donors (Lipinski definition) is 2. The van der Waals surface area contributed by atoms with Crippen molar-refractivity contribution >= 4 is 39.3 Å². The van der Waals surface area contributed by atoms with Gasteiger partial charge in [-0.15, -0.1) is 11.8 Å². The SMILES string of the molecule is O=C(CSC(c1ccccc1)c1ccccc1)Nc1ccc(S(=O)(=O)Nc2ncccn2)cc1. The number of rotatable bonds is 9. The minimum Gasteiger partial charge on any atom is -0.325 e.